The Kier molecular flexibility index (Phi) is 5.09. The number of fused-ring (bicyclic) bond motifs is 1. The average molecular weight is 337 g/mol. The molecule has 3 rings (SSSR count). The standard InChI is InChI=1S/C19H19N3O3/c1-13-16-5-3-4-6-17(16)22-18(21-13)11-24-14-7-9-15(10-8-14)25-12-19(23)20-2/h3-10H,11-12H2,1-2H3,(H,20,23). The van der Waals surface area contributed by atoms with E-state index < -0.39 is 0 Å². The van der Waals surface area contributed by atoms with Crippen LogP contribution in [-0.2, 0) is 11.4 Å². The van der Waals surface area contributed by atoms with E-state index in [9.17, 15) is 4.79 Å². The molecular weight excluding hydrogens is 318 g/mol. The molecule has 0 aliphatic carbocycles. The van der Waals surface area contributed by atoms with Gasteiger partial charge in [0.25, 0.3) is 5.91 Å². The normalized spacial score (nSPS) is 10.5. The van der Waals surface area contributed by atoms with Crippen molar-refractivity contribution in [3.63, 3.8) is 0 Å². The fourth-order valence-corrected chi connectivity index (χ4v) is 2.36. The summed E-state index contributed by atoms with van der Waals surface area (Å²) in [5, 5.41) is 3.54. The lowest BCUT2D eigenvalue weighted by atomic mass is 10.2. The van der Waals surface area contributed by atoms with Gasteiger partial charge in [-0.15, -0.1) is 0 Å². The number of hydrogen-bond donors (Lipinski definition) is 1. The van der Waals surface area contributed by atoms with E-state index in [0.717, 1.165) is 16.6 Å². The molecule has 0 radical (unpaired) electrons. The lowest BCUT2D eigenvalue weighted by molar-refractivity contribution is -0.122. The van der Waals surface area contributed by atoms with Crippen LogP contribution in [0.2, 0.25) is 0 Å². The molecule has 1 aromatic heterocycles. The summed E-state index contributed by atoms with van der Waals surface area (Å²) in [4.78, 5) is 20.2. The van der Waals surface area contributed by atoms with Crippen LogP contribution in [-0.4, -0.2) is 29.5 Å². The lowest BCUT2D eigenvalue weighted by Crippen LogP contribution is -2.24. The van der Waals surface area contributed by atoms with E-state index >= 15 is 0 Å². The molecule has 0 spiro atoms. The van der Waals surface area contributed by atoms with Crippen LogP contribution in [0.25, 0.3) is 10.9 Å². The number of amides is 1. The molecule has 0 atom stereocenters. The summed E-state index contributed by atoms with van der Waals surface area (Å²) >= 11 is 0. The molecule has 3 aromatic rings. The first-order chi connectivity index (χ1) is 12.2. The van der Waals surface area contributed by atoms with Crippen molar-refractivity contribution in [2.75, 3.05) is 13.7 Å². The van der Waals surface area contributed by atoms with Gasteiger partial charge in [-0.2, -0.15) is 0 Å². The average Bonchev–Trinajstić information content (AvgIpc) is 2.65. The molecule has 1 N–H and O–H groups in total. The van der Waals surface area contributed by atoms with Gasteiger partial charge in [0.1, 0.15) is 18.1 Å². The van der Waals surface area contributed by atoms with E-state index in [-0.39, 0.29) is 19.1 Å². The quantitative estimate of drug-likeness (QED) is 0.748. The largest absolute Gasteiger partial charge is 0.486 e. The van der Waals surface area contributed by atoms with Gasteiger partial charge < -0.3 is 14.8 Å². The Morgan fingerprint density at radius 2 is 1.68 bits per heavy atom. The minimum absolute atomic E-state index is 0.0130. The maximum absolute atomic E-state index is 11.2. The molecule has 25 heavy (non-hydrogen) atoms. The zero-order chi connectivity index (χ0) is 17.6. The number of carbonyl (C=O) groups is 1. The van der Waals surface area contributed by atoms with Gasteiger partial charge in [0.2, 0.25) is 0 Å². The number of benzene rings is 2. The van der Waals surface area contributed by atoms with Crippen molar-refractivity contribution in [3.05, 3.63) is 60.0 Å². The molecule has 2 aromatic carbocycles. The predicted octanol–water partition coefficient (Wildman–Crippen LogP) is 2.64. The third-order valence-corrected chi connectivity index (χ3v) is 3.68. The lowest BCUT2D eigenvalue weighted by Gasteiger charge is -2.09. The van der Waals surface area contributed by atoms with Crippen LogP contribution in [0.1, 0.15) is 11.5 Å². The van der Waals surface area contributed by atoms with Gasteiger partial charge in [0.15, 0.2) is 12.4 Å². The van der Waals surface area contributed by atoms with Crippen molar-refractivity contribution in [1.82, 2.24) is 15.3 Å². The number of para-hydroxylation sites is 1. The van der Waals surface area contributed by atoms with Crippen molar-refractivity contribution in [3.8, 4) is 11.5 Å². The van der Waals surface area contributed by atoms with Crippen LogP contribution < -0.4 is 14.8 Å². The number of aromatic nitrogens is 2. The number of hydrogen-bond acceptors (Lipinski definition) is 5. The van der Waals surface area contributed by atoms with Crippen molar-refractivity contribution in [2.45, 2.75) is 13.5 Å². The summed E-state index contributed by atoms with van der Waals surface area (Å²) in [7, 11) is 1.57. The van der Waals surface area contributed by atoms with Gasteiger partial charge in [-0.05, 0) is 37.3 Å². The predicted molar refractivity (Wildman–Crippen MR) is 94.6 cm³/mol. The zero-order valence-electron chi connectivity index (χ0n) is 14.2. The summed E-state index contributed by atoms with van der Waals surface area (Å²) in [6.07, 6.45) is 0. The van der Waals surface area contributed by atoms with E-state index in [2.05, 4.69) is 15.3 Å². The molecule has 6 heteroatoms. The Balaban J connectivity index is 1.62. The molecule has 128 valence electrons. The van der Waals surface area contributed by atoms with Crippen molar-refractivity contribution in [2.24, 2.45) is 0 Å². The third kappa shape index (κ3) is 4.23. The van der Waals surface area contributed by atoms with Gasteiger partial charge in [-0.3, -0.25) is 4.79 Å². The molecule has 0 aliphatic heterocycles. The summed E-state index contributed by atoms with van der Waals surface area (Å²) in [5.41, 5.74) is 1.84. The van der Waals surface area contributed by atoms with Crippen molar-refractivity contribution < 1.29 is 14.3 Å². The van der Waals surface area contributed by atoms with Gasteiger partial charge in [0.05, 0.1) is 5.52 Å². The zero-order valence-corrected chi connectivity index (χ0v) is 14.2. The van der Waals surface area contributed by atoms with Crippen molar-refractivity contribution in [1.29, 1.82) is 0 Å². The first-order valence-corrected chi connectivity index (χ1v) is 7.94. The summed E-state index contributed by atoms with van der Waals surface area (Å²) in [6.45, 7) is 2.23. The SMILES string of the molecule is CNC(=O)COc1ccc(OCc2nc(C)c3ccccc3n2)cc1. The van der Waals surface area contributed by atoms with Gasteiger partial charge in [-0.1, -0.05) is 18.2 Å². The minimum atomic E-state index is -0.177. The highest BCUT2D eigenvalue weighted by molar-refractivity contribution is 5.80. The van der Waals surface area contributed by atoms with E-state index in [1.54, 1.807) is 31.3 Å². The molecule has 1 amide bonds. The number of nitrogens with zero attached hydrogens (tertiary/aromatic N) is 2. The molecule has 0 aliphatic rings. The molecule has 6 nitrogen and oxygen atoms in total. The second-order valence-corrected chi connectivity index (χ2v) is 5.46. The van der Waals surface area contributed by atoms with Gasteiger partial charge in [-0.25, -0.2) is 9.97 Å². The Hall–Kier alpha value is -3.15. The number of carbonyl (C=O) groups excluding carboxylic acids is 1. The number of ether oxygens (including phenoxy) is 2. The number of likely N-dealkylation sites (N-methyl/N-ethyl adjacent to an activating group) is 1. The van der Waals surface area contributed by atoms with Crippen LogP contribution in [0.3, 0.4) is 0 Å². The van der Waals surface area contributed by atoms with E-state index in [1.165, 1.54) is 0 Å². The summed E-state index contributed by atoms with van der Waals surface area (Å²) in [6, 6.07) is 15.0. The first-order valence-electron chi connectivity index (χ1n) is 7.94. The number of aryl methyl sites for hydroxylation is 1. The highest BCUT2D eigenvalue weighted by Gasteiger charge is 2.05. The second-order valence-electron chi connectivity index (χ2n) is 5.46. The maximum atomic E-state index is 11.2. The summed E-state index contributed by atoms with van der Waals surface area (Å²) in [5.74, 6) is 1.75. The van der Waals surface area contributed by atoms with Crippen LogP contribution in [0.15, 0.2) is 48.5 Å². The van der Waals surface area contributed by atoms with Crippen molar-refractivity contribution >= 4 is 16.8 Å². The monoisotopic (exact) mass is 337 g/mol. The van der Waals surface area contributed by atoms with E-state index in [0.29, 0.717) is 17.3 Å². The smallest absolute Gasteiger partial charge is 0.257 e. The van der Waals surface area contributed by atoms with E-state index in [1.807, 2.05) is 31.2 Å². The third-order valence-electron chi connectivity index (χ3n) is 3.68. The van der Waals surface area contributed by atoms with Crippen LogP contribution in [0.4, 0.5) is 0 Å². The topological polar surface area (TPSA) is 73.3 Å². The Labute approximate surface area is 145 Å². The summed E-state index contributed by atoms with van der Waals surface area (Å²) < 4.78 is 11.1. The number of rotatable bonds is 6. The highest BCUT2D eigenvalue weighted by Crippen LogP contribution is 2.19. The van der Waals surface area contributed by atoms with Gasteiger partial charge >= 0.3 is 0 Å². The number of nitrogens with one attached hydrogen (secondary N) is 1. The van der Waals surface area contributed by atoms with Crippen LogP contribution >= 0.6 is 0 Å². The second kappa shape index (κ2) is 7.61. The molecular formula is C19H19N3O3. The molecule has 0 saturated carbocycles. The fourth-order valence-electron chi connectivity index (χ4n) is 2.36. The highest BCUT2D eigenvalue weighted by atomic mass is 16.5. The van der Waals surface area contributed by atoms with Crippen LogP contribution in [0.5, 0.6) is 11.5 Å². The Bertz CT molecular complexity index is 879. The Morgan fingerprint density at radius 3 is 2.40 bits per heavy atom. The molecule has 1 heterocycles. The molecule has 0 bridgehead atoms. The van der Waals surface area contributed by atoms with Crippen LogP contribution in [0, 0.1) is 6.92 Å². The van der Waals surface area contributed by atoms with Gasteiger partial charge in [0, 0.05) is 18.1 Å². The minimum Gasteiger partial charge on any atom is -0.486 e. The Morgan fingerprint density at radius 1 is 1.00 bits per heavy atom. The molecule has 0 fully saturated rings. The molecule has 0 unspecified atom stereocenters. The first kappa shape index (κ1) is 16.7. The molecule has 0 saturated heterocycles. The maximum Gasteiger partial charge on any atom is 0.257 e. The fraction of sp³-hybridized carbons (Fsp3) is 0.211. The van der Waals surface area contributed by atoms with E-state index in [4.69, 9.17) is 9.47 Å².